The van der Waals surface area contributed by atoms with E-state index in [1.807, 2.05) is 6.08 Å². The van der Waals surface area contributed by atoms with Crippen LogP contribution in [0.2, 0.25) is 0 Å². The molecule has 54 valence electrons. The molecule has 0 aliphatic rings. The highest BCUT2D eigenvalue weighted by Gasteiger charge is 1.87. The fourth-order valence-electron chi connectivity index (χ4n) is 0.717. The normalized spacial score (nSPS) is 10.1. The maximum Gasteiger partial charge on any atom is -0.00247 e. The Hall–Kier alpha value is -0.300. The Balaban J connectivity index is 2.82. The van der Waals surface area contributed by atoms with Crippen LogP contribution >= 0.6 is 0 Å². The van der Waals surface area contributed by atoms with E-state index in [4.69, 9.17) is 0 Å². The van der Waals surface area contributed by atoms with Crippen LogP contribution in [-0.4, -0.2) is 25.5 Å². The van der Waals surface area contributed by atoms with Gasteiger partial charge in [0, 0.05) is 0 Å². The highest BCUT2D eigenvalue weighted by atomic mass is 15.0. The molecule has 0 saturated heterocycles. The summed E-state index contributed by atoms with van der Waals surface area (Å²) in [5.74, 6) is 0. The van der Waals surface area contributed by atoms with E-state index in [-0.39, 0.29) is 0 Å². The van der Waals surface area contributed by atoms with Crippen LogP contribution in [-0.2, 0) is 0 Å². The Kier molecular flexibility index (Phi) is 5.64. The van der Waals surface area contributed by atoms with Crippen molar-refractivity contribution in [2.45, 2.75) is 19.3 Å². The van der Waals surface area contributed by atoms with E-state index in [9.17, 15) is 0 Å². The molecule has 0 rings (SSSR count). The van der Waals surface area contributed by atoms with E-state index < -0.39 is 0 Å². The molecule has 0 aromatic carbocycles. The molecule has 0 radical (unpaired) electrons. The summed E-state index contributed by atoms with van der Waals surface area (Å²) in [7, 11) is 4.21. The summed E-state index contributed by atoms with van der Waals surface area (Å²) in [5, 5.41) is 0. The Morgan fingerprint density at radius 2 is 2.00 bits per heavy atom. The van der Waals surface area contributed by atoms with Gasteiger partial charge in [0.25, 0.3) is 0 Å². The Labute approximate surface area is 58.4 Å². The summed E-state index contributed by atoms with van der Waals surface area (Å²) in [6.07, 6.45) is 5.71. The minimum absolute atomic E-state index is 1.16. The van der Waals surface area contributed by atoms with Crippen molar-refractivity contribution in [2.75, 3.05) is 20.6 Å². The van der Waals surface area contributed by atoms with Crippen LogP contribution < -0.4 is 0 Å². The van der Waals surface area contributed by atoms with Gasteiger partial charge < -0.3 is 4.90 Å². The highest BCUT2D eigenvalue weighted by molar-refractivity contribution is 4.65. The van der Waals surface area contributed by atoms with E-state index in [0.717, 1.165) is 6.42 Å². The molecule has 0 aliphatic carbocycles. The van der Waals surface area contributed by atoms with E-state index >= 15 is 0 Å². The van der Waals surface area contributed by atoms with Crippen molar-refractivity contribution in [2.24, 2.45) is 0 Å². The number of hydrogen-bond donors (Lipinski definition) is 0. The highest BCUT2D eigenvalue weighted by Crippen LogP contribution is 1.95. The molecule has 0 heterocycles. The molecule has 0 bridgehead atoms. The summed E-state index contributed by atoms with van der Waals surface area (Å²) < 4.78 is 0. The number of allylic oxidation sites excluding steroid dienone is 1. The molecule has 0 spiro atoms. The molecule has 0 N–H and O–H groups in total. The Bertz CT molecular complexity index is 67.0. The van der Waals surface area contributed by atoms with Gasteiger partial charge in [-0.1, -0.05) is 6.08 Å². The van der Waals surface area contributed by atoms with Gasteiger partial charge in [-0.05, 0) is 39.9 Å². The molecule has 0 saturated carbocycles. The third kappa shape index (κ3) is 7.70. The zero-order valence-electron chi connectivity index (χ0n) is 6.56. The minimum Gasteiger partial charge on any atom is -0.309 e. The van der Waals surface area contributed by atoms with Crippen molar-refractivity contribution in [3.8, 4) is 0 Å². The molecule has 1 heteroatoms. The predicted molar refractivity (Wildman–Crippen MR) is 42.6 cm³/mol. The van der Waals surface area contributed by atoms with E-state index in [2.05, 4.69) is 25.6 Å². The second-order valence-corrected chi connectivity index (χ2v) is 2.59. The van der Waals surface area contributed by atoms with Gasteiger partial charge in [0.15, 0.2) is 0 Å². The molecule has 0 atom stereocenters. The molecule has 0 fully saturated rings. The van der Waals surface area contributed by atoms with Crippen LogP contribution in [0.5, 0.6) is 0 Å². The maximum absolute atomic E-state index is 3.66. The zero-order chi connectivity index (χ0) is 7.11. The monoisotopic (exact) mass is 127 g/mol. The second kappa shape index (κ2) is 5.83. The van der Waals surface area contributed by atoms with E-state index in [1.54, 1.807) is 0 Å². The number of hydrogen-bond acceptors (Lipinski definition) is 1. The summed E-state index contributed by atoms with van der Waals surface area (Å²) in [6.45, 7) is 4.87. The van der Waals surface area contributed by atoms with Gasteiger partial charge in [-0.3, -0.25) is 0 Å². The maximum atomic E-state index is 3.66. The number of unbranched alkanes of at least 4 members (excludes halogenated alkanes) is 2. The van der Waals surface area contributed by atoms with Gasteiger partial charge in [-0.2, -0.15) is 0 Å². The lowest BCUT2D eigenvalue weighted by atomic mass is 10.2. The van der Waals surface area contributed by atoms with Gasteiger partial charge in [0.1, 0.15) is 0 Å². The molecule has 9 heavy (non-hydrogen) atoms. The first-order valence-electron chi connectivity index (χ1n) is 3.53. The first kappa shape index (κ1) is 8.70. The largest absolute Gasteiger partial charge is 0.309 e. The van der Waals surface area contributed by atoms with Crippen LogP contribution in [0.15, 0.2) is 12.7 Å². The lowest BCUT2D eigenvalue weighted by Crippen LogP contribution is -2.12. The smallest absolute Gasteiger partial charge is 0.00247 e. The quantitative estimate of drug-likeness (QED) is 0.403. The molecule has 1 nitrogen and oxygen atoms in total. The Morgan fingerprint density at radius 1 is 1.33 bits per heavy atom. The molecular weight excluding hydrogens is 110 g/mol. The Morgan fingerprint density at radius 3 is 2.44 bits per heavy atom. The van der Waals surface area contributed by atoms with Gasteiger partial charge in [0.2, 0.25) is 0 Å². The van der Waals surface area contributed by atoms with Crippen LogP contribution in [0, 0.1) is 0 Å². The summed E-state index contributed by atoms with van der Waals surface area (Å²) in [5.41, 5.74) is 0. The van der Waals surface area contributed by atoms with Crippen LogP contribution in [0.1, 0.15) is 19.3 Å². The topological polar surface area (TPSA) is 3.24 Å². The van der Waals surface area contributed by atoms with Gasteiger partial charge >= 0.3 is 0 Å². The third-order valence-corrected chi connectivity index (χ3v) is 1.26. The van der Waals surface area contributed by atoms with Crippen molar-refractivity contribution >= 4 is 0 Å². The van der Waals surface area contributed by atoms with Crippen LogP contribution in [0.3, 0.4) is 0 Å². The van der Waals surface area contributed by atoms with Crippen molar-refractivity contribution in [1.29, 1.82) is 0 Å². The van der Waals surface area contributed by atoms with Crippen LogP contribution in [0.4, 0.5) is 0 Å². The van der Waals surface area contributed by atoms with Crippen molar-refractivity contribution in [1.82, 2.24) is 4.90 Å². The molecule has 0 amide bonds. The molecule has 0 aliphatic heterocycles. The second-order valence-electron chi connectivity index (χ2n) is 2.59. The fraction of sp³-hybridized carbons (Fsp3) is 0.750. The van der Waals surface area contributed by atoms with E-state index in [1.165, 1.54) is 19.4 Å². The predicted octanol–water partition coefficient (Wildman–Crippen LogP) is 1.90. The standard InChI is InChI=1S/C8H17N/c1-4-5-6-7-8-9(2)3/h4H,1,5-8H2,2-3H3. The van der Waals surface area contributed by atoms with Crippen molar-refractivity contribution in [3.63, 3.8) is 0 Å². The van der Waals surface area contributed by atoms with Crippen molar-refractivity contribution in [3.05, 3.63) is 12.7 Å². The summed E-state index contributed by atoms with van der Waals surface area (Å²) >= 11 is 0. The van der Waals surface area contributed by atoms with Gasteiger partial charge in [-0.15, -0.1) is 6.58 Å². The SMILES string of the molecule is C=CCCCCN(C)C. The number of rotatable bonds is 5. The van der Waals surface area contributed by atoms with E-state index in [0.29, 0.717) is 0 Å². The fourth-order valence-corrected chi connectivity index (χ4v) is 0.717. The van der Waals surface area contributed by atoms with Crippen LogP contribution in [0.25, 0.3) is 0 Å². The van der Waals surface area contributed by atoms with Gasteiger partial charge in [0.05, 0.1) is 0 Å². The average molecular weight is 127 g/mol. The van der Waals surface area contributed by atoms with Gasteiger partial charge in [-0.25, -0.2) is 0 Å². The summed E-state index contributed by atoms with van der Waals surface area (Å²) in [6, 6.07) is 0. The minimum atomic E-state index is 1.16. The average Bonchev–Trinajstić information content (AvgIpc) is 1.80. The molecular formula is C8H17N. The number of nitrogens with zero attached hydrogens (tertiary/aromatic N) is 1. The molecule has 0 aromatic rings. The third-order valence-electron chi connectivity index (χ3n) is 1.26. The first-order chi connectivity index (χ1) is 4.27. The summed E-state index contributed by atoms with van der Waals surface area (Å²) in [4.78, 5) is 2.21. The molecule has 0 unspecified atom stereocenters. The lowest BCUT2D eigenvalue weighted by molar-refractivity contribution is 0.395. The first-order valence-corrected chi connectivity index (χ1v) is 3.53. The molecule has 0 aromatic heterocycles. The van der Waals surface area contributed by atoms with Crippen molar-refractivity contribution < 1.29 is 0 Å². The lowest BCUT2D eigenvalue weighted by Gasteiger charge is -2.07. The zero-order valence-corrected chi connectivity index (χ0v) is 6.56.